The van der Waals surface area contributed by atoms with E-state index < -0.39 is 5.54 Å². The van der Waals surface area contributed by atoms with Gasteiger partial charge in [-0.2, -0.15) is 0 Å². The fraction of sp³-hybridized carbons (Fsp3) is 0.929. The van der Waals surface area contributed by atoms with Gasteiger partial charge in [-0.1, -0.05) is 20.3 Å². The van der Waals surface area contributed by atoms with E-state index in [0.29, 0.717) is 18.9 Å². The second kappa shape index (κ2) is 8.48. The Balaban J connectivity index is 4.02. The minimum absolute atomic E-state index is 0.224. The molecule has 1 amide bonds. The number of primary amides is 1. The molecule has 0 aromatic carbocycles. The van der Waals surface area contributed by atoms with Crippen molar-refractivity contribution >= 4 is 5.91 Å². The second-order valence-corrected chi connectivity index (χ2v) is 5.71. The third-order valence-electron chi connectivity index (χ3n) is 3.08. The molecule has 0 rings (SSSR count). The molecule has 0 heterocycles. The predicted octanol–water partition coefficient (Wildman–Crippen LogP) is 2.07. The topological polar surface area (TPSA) is 64.3 Å². The number of ether oxygens (including phenoxy) is 1. The molecule has 0 aromatic heterocycles. The lowest BCUT2D eigenvalue weighted by Gasteiger charge is -2.29. The van der Waals surface area contributed by atoms with Crippen molar-refractivity contribution in [2.24, 2.45) is 11.7 Å². The Hall–Kier alpha value is -0.610. The molecule has 0 spiro atoms. The highest BCUT2D eigenvalue weighted by atomic mass is 16.5. The zero-order valence-corrected chi connectivity index (χ0v) is 12.6. The van der Waals surface area contributed by atoms with Crippen molar-refractivity contribution < 1.29 is 9.53 Å². The third-order valence-corrected chi connectivity index (χ3v) is 3.08. The summed E-state index contributed by atoms with van der Waals surface area (Å²) in [6.07, 6.45) is 2.97. The van der Waals surface area contributed by atoms with E-state index in [1.54, 1.807) is 0 Å². The van der Waals surface area contributed by atoms with Crippen LogP contribution in [0.4, 0.5) is 0 Å². The van der Waals surface area contributed by atoms with Crippen LogP contribution in [0, 0.1) is 5.92 Å². The first-order chi connectivity index (χ1) is 8.31. The SMILES string of the molecule is CCCC(C)COCCC(C)(NC(C)C)C(N)=O. The van der Waals surface area contributed by atoms with Gasteiger partial charge in [0.05, 0.1) is 5.54 Å². The van der Waals surface area contributed by atoms with Gasteiger partial charge in [-0.05, 0) is 39.5 Å². The summed E-state index contributed by atoms with van der Waals surface area (Å²) >= 11 is 0. The smallest absolute Gasteiger partial charge is 0.237 e. The van der Waals surface area contributed by atoms with Crippen LogP contribution in [0.15, 0.2) is 0 Å². The zero-order valence-electron chi connectivity index (χ0n) is 12.6. The molecule has 2 unspecified atom stereocenters. The summed E-state index contributed by atoms with van der Waals surface area (Å²) in [4.78, 5) is 11.5. The van der Waals surface area contributed by atoms with Gasteiger partial charge < -0.3 is 15.8 Å². The van der Waals surface area contributed by atoms with Gasteiger partial charge in [-0.15, -0.1) is 0 Å². The molecule has 0 radical (unpaired) electrons. The lowest BCUT2D eigenvalue weighted by Crippen LogP contribution is -2.56. The normalized spacial score (nSPS) is 16.6. The van der Waals surface area contributed by atoms with E-state index >= 15 is 0 Å². The summed E-state index contributed by atoms with van der Waals surface area (Å²) in [5.41, 5.74) is 4.77. The molecule has 0 aliphatic carbocycles. The fourth-order valence-corrected chi connectivity index (χ4v) is 2.04. The maximum atomic E-state index is 11.5. The Morgan fingerprint density at radius 2 is 2.00 bits per heavy atom. The number of hydrogen-bond donors (Lipinski definition) is 2. The summed E-state index contributed by atoms with van der Waals surface area (Å²) in [5, 5.41) is 3.21. The molecule has 0 aliphatic rings. The number of hydrogen-bond acceptors (Lipinski definition) is 3. The van der Waals surface area contributed by atoms with Crippen LogP contribution in [0.25, 0.3) is 0 Å². The van der Waals surface area contributed by atoms with Crippen molar-refractivity contribution in [1.82, 2.24) is 5.32 Å². The van der Waals surface area contributed by atoms with Gasteiger partial charge in [0.25, 0.3) is 0 Å². The molecular formula is C14H30N2O2. The van der Waals surface area contributed by atoms with E-state index in [2.05, 4.69) is 19.2 Å². The molecule has 4 nitrogen and oxygen atoms in total. The lowest BCUT2D eigenvalue weighted by atomic mass is 9.96. The maximum Gasteiger partial charge on any atom is 0.237 e. The van der Waals surface area contributed by atoms with Crippen LogP contribution in [0.2, 0.25) is 0 Å². The molecule has 0 saturated heterocycles. The minimum Gasteiger partial charge on any atom is -0.381 e. The number of carbonyl (C=O) groups is 1. The Labute approximate surface area is 112 Å². The van der Waals surface area contributed by atoms with Gasteiger partial charge in [-0.3, -0.25) is 4.79 Å². The fourth-order valence-electron chi connectivity index (χ4n) is 2.04. The molecule has 3 N–H and O–H groups in total. The average molecular weight is 258 g/mol. The minimum atomic E-state index is -0.678. The van der Waals surface area contributed by atoms with Crippen molar-refractivity contribution in [2.45, 2.75) is 65.5 Å². The van der Waals surface area contributed by atoms with Crippen molar-refractivity contribution in [3.63, 3.8) is 0 Å². The molecule has 18 heavy (non-hydrogen) atoms. The Bertz CT molecular complexity index is 244. The molecule has 2 atom stereocenters. The van der Waals surface area contributed by atoms with E-state index in [-0.39, 0.29) is 11.9 Å². The summed E-state index contributed by atoms with van der Waals surface area (Å²) in [6, 6.07) is 0.224. The van der Waals surface area contributed by atoms with Gasteiger partial charge in [0, 0.05) is 19.3 Å². The number of amides is 1. The van der Waals surface area contributed by atoms with Crippen LogP contribution in [0.3, 0.4) is 0 Å². The number of nitrogens with one attached hydrogen (secondary N) is 1. The van der Waals surface area contributed by atoms with E-state index in [0.717, 1.165) is 6.61 Å². The van der Waals surface area contributed by atoms with Gasteiger partial charge >= 0.3 is 0 Å². The number of carbonyl (C=O) groups excluding carboxylic acids is 1. The van der Waals surface area contributed by atoms with Gasteiger partial charge in [0.1, 0.15) is 0 Å². The van der Waals surface area contributed by atoms with Crippen molar-refractivity contribution in [2.75, 3.05) is 13.2 Å². The standard InChI is InChI=1S/C14H30N2O2/c1-6-7-12(4)10-18-9-8-14(5,13(15)17)16-11(2)3/h11-12,16H,6-10H2,1-5H3,(H2,15,17). The second-order valence-electron chi connectivity index (χ2n) is 5.71. The average Bonchev–Trinajstić information content (AvgIpc) is 2.23. The zero-order chi connectivity index (χ0) is 14.2. The number of nitrogens with two attached hydrogens (primary N) is 1. The third kappa shape index (κ3) is 6.97. The first kappa shape index (κ1) is 17.4. The summed E-state index contributed by atoms with van der Waals surface area (Å²) in [7, 11) is 0. The molecule has 108 valence electrons. The predicted molar refractivity (Wildman–Crippen MR) is 75.4 cm³/mol. The van der Waals surface area contributed by atoms with Crippen LogP contribution >= 0.6 is 0 Å². The molecule has 0 bridgehead atoms. The van der Waals surface area contributed by atoms with Crippen LogP contribution in [-0.2, 0) is 9.53 Å². The van der Waals surface area contributed by atoms with Crippen LogP contribution in [-0.4, -0.2) is 30.7 Å². The molecule has 0 fully saturated rings. The Kier molecular flexibility index (Phi) is 8.20. The van der Waals surface area contributed by atoms with E-state index in [1.165, 1.54) is 12.8 Å². The Morgan fingerprint density at radius 3 is 2.44 bits per heavy atom. The Morgan fingerprint density at radius 1 is 1.39 bits per heavy atom. The monoisotopic (exact) mass is 258 g/mol. The first-order valence-electron chi connectivity index (χ1n) is 6.97. The highest BCUT2D eigenvalue weighted by molar-refractivity contribution is 5.84. The molecule has 4 heteroatoms. The highest BCUT2D eigenvalue weighted by Gasteiger charge is 2.30. The highest BCUT2D eigenvalue weighted by Crippen LogP contribution is 2.12. The van der Waals surface area contributed by atoms with E-state index in [9.17, 15) is 4.79 Å². The number of rotatable bonds is 10. The molecular weight excluding hydrogens is 228 g/mol. The summed E-state index contributed by atoms with van der Waals surface area (Å²) in [6.45, 7) is 11.5. The van der Waals surface area contributed by atoms with Crippen LogP contribution in [0.1, 0.15) is 53.9 Å². The van der Waals surface area contributed by atoms with Gasteiger partial charge in [-0.25, -0.2) is 0 Å². The summed E-state index contributed by atoms with van der Waals surface area (Å²) in [5.74, 6) is 0.259. The van der Waals surface area contributed by atoms with Crippen molar-refractivity contribution in [3.05, 3.63) is 0 Å². The van der Waals surface area contributed by atoms with Crippen LogP contribution in [0.5, 0.6) is 0 Å². The molecule has 0 aliphatic heterocycles. The van der Waals surface area contributed by atoms with E-state index in [1.807, 2.05) is 20.8 Å². The lowest BCUT2D eigenvalue weighted by molar-refractivity contribution is -0.125. The van der Waals surface area contributed by atoms with Crippen molar-refractivity contribution in [3.8, 4) is 0 Å². The van der Waals surface area contributed by atoms with Gasteiger partial charge in [0.15, 0.2) is 0 Å². The van der Waals surface area contributed by atoms with Crippen LogP contribution < -0.4 is 11.1 Å². The quantitative estimate of drug-likeness (QED) is 0.590. The van der Waals surface area contributed by atoms with Crippen molar-refractivity contribution in [1.29, 1.82) is 0 Å². The first-order valence-corrected chi connectivity index (χ1v) is 6.97. The van der Waals surface area contributed by atoms with Gasteiger partial charge in [0.2, 0.25) is 5.91 Å². The maximum absolute atomic E-state index is 11.5. The van der Waals surface area contributed by atoms with E-state index in [4.69, 9.17) is 10.5 Å². The summed E-state index contributed by atoms with van der Waals surface area (Å²) < 4.78 is 5.63. The largest absolute Gasteiger partial charge is 0.381 e. The molecule has 0 saturated carbocycles. The molecule has 0 aromatic rings.